The molecule has 0 heterocycles. The zero-order valence-electron chi connectivity index (χ0n) is 10.6. The molecule has 0 fully saturated rings. The highest BCUT2D eigenvalue weighted by Gasteiger charge is 2.16. The van der Waals surface area contributed by atoms with Crippen molar-refractivity contribution >= 4 is 21.6 Å². The highest BCUT2D eigenvalue weighted by Crippen LogP contribution is 2.14. The van der Waals surface area contributed by atoms with Crippen molar-refractivity contribution in [2.24, 2.45) is 0 Å². The van der Waals surface area contributed by atoms with E-state index in [4.69, 9.17) is 16.3 Å². The monoisotopic (exact) mass is 291 g/mol. The molecule has 0 aromatic heterocycles. The summed E-state index contributed by atoms with van der Waals surface area (Å²) in [6.07, 6.45) is 0. The van der Waals surface area contributed by atoms with Gasteiger partial charge >= 0.3 is 0 Å². The Balaban J connectivity index is 2.67. The number of nitrogens with zero attached hydrogens (tertiary/aromatic N) is 1. The van der Waals surface area contributed by atoms with Crippen LogP contribution in [0.1, 0.15) is 12.5 Å². The molecule has 0 aliphatic heterocycles. The number of hydrogen-bond acceptors (Lipinski definition) is 3. The van der Waals surface area contributed by atoms with Crippen LogP contribution in [-0.2, 0) is 16.6 Å². The molecule has 0 atom stereocenters. The molecule has 0 saturated carbocycles. The number of sulfonamides is 1. The number of alkyl halides is 1. The molecule has 0 saturated heterocycles. The highest BCUT2D eigenvalue weighted by atomic mass is 35.5. The molecular weight excluding hydrogens is 274 g/mol. The standard InChI is InChI=1S/C12H18ClNO3S/c1-3-17-12-6-4-11(5-7-12)10-14(2)18(15,16)9-8-13/h4-7H,3,8-10H2,1-2H3. The summed E-state index contributed by atoms with van der Waals surface area (Å²) in [4.78, 5) is 0. The molecular formula is C12H18ClNO3S. The molecule has 0 unspecified atom stereocenters. The predicted molar refractivity (Wildman–Crippen MR) is 73.6 cm³/mol. The van der Waals surface area contributed by atoms with Crippen molar-refractivity contribution in [3.8, 4) is 5.75 Å². The predicted octanol–water partition coefficient (Wildman–Crippen LogP) is 2.09. The fraction of sp³-hybridized carbons (Fsp3) is 0.500. The van der Waals surface area contributed by atoms with E-state index in [2.05, 4.69) is 0 Å². The first-order chi connectivity index (χ1) is 8.49. The van der Waals surface area contributed by atoms with Gasteiger partial charge in [-0.3, -0.25) is 0 Å². The highest BCUT2D eigenvalue weighted by molar-refractivity contribution is 7.89. The van der Waals surface area contributed by atoms with E-state index in [9.17, 15) is 8.42 Å². The van der Waals surface area contributed by atoms with E-state index >= 15 is 0 Å². The van der Waals surface area contributed by atoms with Crippen LogP contribution in [0.25, 0.3) is 0 Å². The third-order valence-corrected chi connectivity index (χ3v) is 4.66. The van der Waals surface area contributed by atoms with Gasteiger partial charge in [-0.15, -0.1) is 11.6 Å². The normalized spacial score (nSPS) is 11.8. The van der Waals surface area contributed by atoms with E-state index < -0.39 is 10.0 Å². The molecule has 102 valence electrons. The van der Waals surface area contributed by atoms with Gasteiger partial charge < -0.3 is 4.74 Å². The van der Waals surface area contributed by atoms with Gasteiger partial charge in [0.25, 0.3) is 0 Å². The molecule has 6 heteroatoms. The van der Waals surface area contributed by atoms with Gasteiger partial charge in [0.1, 0.15) is 5.75 Å². The quantitative estimate of drug-likeness (QED) is 0.723. The lowest BCUT2D eigenvalue weighted by molar-refractivity contribution is 0.340. The Morgan fingerprint density at radius 2 is 1.89 bits per heavy atom. The number of benzene rings is 1. The maximum absolute atomic E-state index is 11.7. The Kier molecular flexibility index (Phi) is 5.91. The van der Waals surface area contributed by atoms with Gasteiger partial charge in [-0.25, -0.2) is 12.7 Å². The van der Waals surface area contributed by atoms with Gasteiger partial charge in [0.05, 0.1) is 12.4 Å². The first kappa shape index (κ1) is 15.3. The maximum atomic E-state index is 11.7. The van der Waals surface area contributed by atoms with Gasteiger partial charge in [0, 0.05) is 19.5 Å². The fourth-order valence-electron chi connectivity index (χ4n) is 1.47. The minimum absolute atomic E-state index is 0.0396. The fourth-order valence-corrected chi connectivity index (χ4v) is 2.90. The Morgan fingerprint density at radius 3 is 2.39 bits per heavy atom. The van der Waals surface area contributed by atoms with Crippen molar-refractivity contribution < 1.29 is 13.2 Å². The summed E-state index contributed by atoms with van der Waals surface area (Å²) in [5.74, 6) is 0.852. The molecule has 1 aromatic rings. The summed E-state index contributed by atoms with van der Waals surface area (Å²) in [6, 6.07) is 7.39. The first-order valence-corrected chi connectivity index (χ1v) is 7.85. The van der Waals surface area contributed by atoms with Crippen molar-refractivity contribution in [2.45, 2.75) is 13.5 Å². The second-order valence-electron chi connectivity index (χ2n) is 3.84. The van der Waals surface area contributed by atoms with Crippen LogP contribution < -0.4 is 4.74 Å². The molecule has 0 aliphatic carbocycles. The summed E-state index contributed by atoms with van der Waals surface area (Å²) >= 11 is 5.47. The van der Waals surface area contributed by atoms with Crippen LogP contribution >= 0.6 is 11.6 Å². The lowest BCUT2D eigenvalue weighted by atomic mass is 10.2. The van der Waals surface area contributed by atoms with Crippen LogP contribution in [0.15, 0.2) is 24.3 Å². The zero-order valence-corrected chi connectivity index (χ0v) is 12.2. The van der Waals surface area contributed by atoms with Gasteiger partial charge in [0.15, 0.2) is 0 Å². The van der Waals surface area contributed by atoms with Gasteiger partial charge in [-0.1, -0.05) is 12.1 Å². The Labute approximate surface area is 114 Å². The van der Waals surface area contributed by atoms with Crippen molar-refractivity contribution in [3.63, 3.8) is 0 Å². The molecule has 0 aliphatic rings. The average molecular weight is 292 g/mol. The third-order valence-electron chi connectivity index (χ3n) is 2.45. The SMILES string of the molecule is CCOc1ccc(CN(C)S(=O)(=O)CCCl)cc1. The molecule has 1 aromatic carbocycles. The third kappa shape index (κ3) is 4.48. The topological polar surface area (TPSA) is 46.6 Å². The molecule has 0 spiro atoms. The van der Waals surface area contributed by atoms with E-state index in [0.717, 1.165) is 11.3 Å². The average Bonchev–Trinajstić information content (AvgIpc) is 2.32. The van der Waals surface area contributed by atoms with Crippen LogP contribution in [0.4, 0.5) is 0 Å². The summed E-state index contributed by atoms with van der Waals surface area (Å²) in [5.41, 5.74) is 0.916. The Hall–Kier alpha value is -0.780. The summed E-state index contributed by atoms with van der Waals surface area (Å²) in [7, 11) is -1.70. The minimum atomic E-state index is -3.26. The van der Waals surface area contributed by atoms with Gasteiger partial charge in [0.2, 0.25) is 10.0 Å². The van der Waals surface area contributed by atoms with Gasteiger partial charge in [-0.2, -0.15) is 0 Å². The van der Waals surface area contributed by atoms with Crippen LogP contribution in [0.2, 0.25) is 0 Å². The second-order valence-corrected chi connectivity index (χ2v) is 6.41. The van der Waals surface area contributed by atoms with Crippen LogP contribution in [0.5, 0.6) is 5.75 Å². The molecule has 0 amide bonds. The summed E-state index contributed by atoms with van der Waals surface area (Å²) < 4.78 is 30.1. The number of hydrogen-bond donors (Lipinski definition) is 0. The Morgan fingerprint density at radius 1 is 1.28 bits per heavy atom. The van der Waals surface area contributed by atoms with E-state index in [0.29, 0.717) is 13.2 Å². The molecule has 4 nitrogen and oxygen atoms in total. The minimum Gasteiger partial charge on any atom is -0.494 e. The van der Waals surface area contributed by atoms with E-state index in [1.54, 1.807) is 7.05 Å². The van der Waals surface area contributed by atoms with Crippen molar-refractivity contribution in [1.29, 1.82) is 0 Å². The second kappa shape index (κ2) is 6.97. The van der Waals surface area contributed by atoms with E-state index in [1.807, 2.05) is 31.2 Å². The van der Waals surface area contributed by atoms with Crippen molar-refractivity contribution in [3.05, 3.63) is 29.8 Å². The van der Waals surface area contributed by atoms with Crippen molar-refractivity contribution in [2.75, 3.05) is 25.3 Å². The molecule has 1 rings (SSSR count). The van der Waals surface area contributed by atoms with E-state index in [1.165, 1.54) is 4.31 Å². The maximum Gasteiger partial charge on any atom is 0.215 e. The molecule has 0 bridgehead atoms. The lowest BCUT2D eigenvalue weighted by Crippen LogP contribution is -2.29. The summed E-state index contributed by atoms with van der Waals surface area (Å²) in [6.45, 7) is 2.87. The first-order valence-electron chi connectivity index (χ1n) is 5.71. The largest absolute Gasteiger partial charge is 0.494 e. The molecule has 0 radical (unpaired) electrons. The Bertz CT molecular complexity index is 459. The number of halogens is 1. The van der Waals surface area contributed by atoms with Crippen LogP contribution in [0, 0.1) is 0 Å². The van der Waals surface area contributed by atoms with Crippen LogP contribution in [-0.4, -0.2) is 38.0 Å². The molecule has 0 N–H and O–H groups in total. The summed E-state index contributed by atoms with van der Waals surface area (Å²) in [5, 5.41) is 0. The van der Waals surface area contributed by atoms with Crippen LogP contribution in [0.3, 0.4) is 0 Å². The number of rotatable bonds is 7. The number of ether oxygens (including phenoxy) is 1. The zero-order chi connectivity index (χ0) is 13.6. The molecule has 18 heavy (non-hydrogen) atoms. The van der Waals surface area contributed by atoms with Gasteiger partial charge in [-0.05, 0) is 24.6 Å². The van der Waals surface area contributed by atoms with E-state index in [-0.39, 0.29) is 11.6 Å². The lowest BCUT2D eigenvalue weighted by Gasteiger charge is -2.16. The smallest absolute Gasteiger partial charge is 0.215 e. The van der Waals surface area contributed by atoms with Crippen molar-refractivity contribution in [1.82, 2.24) is 4.31 Å².